The van der Waals surface area contributed by atoms with Crippen LogP contribution in [0.1, 0.15) is 47.5 Å². The Balaban J connectivity index is 2.02. The monoisotopic (exact) mass is 308 g/mol. The van der Waals surface area contributed by atoms with Crippen LogP contribution in [0.4, 0.5) is 8.78 Å². The Kier molecular flexibility index (Phi) is 4.04. The number of hydrogen-bond donors (Lipinski definition) is 1. The maximum absolute atomic E-state index is 14.2. The van der Waals surface area contributed by atoms with E-state index in [4.69, 9.17) is 0 Å². The first-order chi connectivity index (χ1) is 10.1. The van der Waals surface area contributed by atoms with E-state index in [0.29, 0.717) is 5.56 Å². The van der Waals surface area contributed by atoms with Crippen LogP contribution in [-0.4, -0.2) is 11.0 Å². The van der Waals surface area contributed by atoms with Crippen LogP contribution in [0.2, 0.25) is 0 Å². The summed E-state index contributed by atoms with van der Waals surface area (Å²) in [5, 5.41) is 4.14. The molecule has 1 aromatic heterocycles. The Hall–Kier alpha value is -1.33. The molecule has 1 aliphatic carbocycles. The summed E-state index contributed by atoms with van der Waals surface area (Å²) in [6.45, 7) is 3.98. The number of hydrogen-bond acceptors (Lipinski definition) is 3. The molecule has 1 N–H and O–H groups in total. The molecule has 0 saturated carbocycles. The molecule has 1 aromatic carbocycles. The van der Waals surface area contributed by atoms with E-state index >= 15 is 0 Å². The number of nitrogens with one attached hydrogen (secondary N) is 1. The number of halogens is 2. The topological polar surface area (TPSA) is 24.9 Å². The lowest BCUT2D eigenvalue weighted by Gasteiger charge is -2.20. The van der Waals surface area contributed by atoms with Crippen molar-refractivity contribution in [1.29, 1.82) is 0 Å². The lowest BCUT2D eigenvalue weighted by molar-refractivity contribution is 0.465. The molecular formula is C16H18F2N2S. The van der Waals surface area contributed by atoms with Gasteiger partial charge in [-0.1, -0.05) is 12.1 Å². The van der Waals surface area contributed by atoms with Crippen molar-refractivity contribution < 1.29 is 8.78 Å². The Morgan fingerprint density at radius 2 is 2.05 bits per heavy atom. The van der Waals surface area contributed by atoms with Gasteiger partial charge < -0.3 is 5.32 Å². The maximum Gasteiger partial charge on any atom is 0.164 e. The number of benzene rings is 1. The zero-order chi connectivity index (χ0) is 15.0. The van der Waals surface area contributed by atoms with Crippen LogP contribution in [0.25, 0.3) is 0 Å². The van der Waals surface area contributed by atoms with E-state index in [1.54, 1.807) is 23.5 Å². The first-order valence-corrected chi connectivity index (χ1v) is 8.06. The summed E-state index contributed by atoms with van der Waals surface area (Å²) in [7, 11) is 0. The minimum Gasteiger partial charge on any atom is -0.302 e. The van der Waals surface area contributed by atoms with Gasteiger partial charge >= 0.3 is 0 Å². The molecule has 2 nitrogen and oxygen atoms in total. The zero-order valence-corrected chi connectivity index (χ0v) is 12.9. The van der Waals surface area contributed by atoms with Crippen LogP contribution in [0, 0.1) is 11.6 Å². The summed E-state index contributed by atoms with van der Waals surface area (Å²) < 4.78 is 27.7. The Morgan fingerprint density at radius 3 is 2.76 bits per heavy atom. The normalized spacial score (nSPS) is 15.5. The molecule has 0 radical (unpaired) electrons. The molecule has 5 heteroatoms. The molecule has 2 aromatic rings. The number of nitrogens with zero attached hydrogens (tertiary/aromatic N) is 1. The predicted octanol–water partition coefficient (Wildman–Crippen LogP) is 4.00. The van der Waals surface area contributed by atoms with Crippen LogP contribution in [0.15, 0.2) is 18.2 Å². The van der Waals surface area contributed by atoms with Gasteiger partial charge in [-0.15, -0.1) is 11.3 Å². The SMILES string of the molecule is CC(C)NC(c1nc2c(s1)CCC2)c1cccc(F)c1F. The van der Waals surface area contributed by atoms with E-state index in [9.17, 15) is 8.78 Å². The fourth-order valence-corrected chi connectivity index (χ4v) is 3.94. The summed E-state index contributed by atoms with van der Waals surface area (Å²) >= 11 is 1.62. The van der Waals surface area contributed by atoms with Crippen LogP contribution in [0.5, 0.6) is 0 Å². The van der Waals surface area contributed by atoms with Crippen molar-refractivity contribution in [2.75, 3.05) is 0 Å². The van der Waals surface area contributed by atoms with Gasteiger partial charge in [-0.2, -0.15) is 0 Å². The molecule has 0 amide bonds. The molecule has 0 bridgehead atoms. The highest BCUT2D eigenvalue weighted by Crippen LogP contribution is 2.34. The highest BCUT2D eigenvalue weighted by molar-refractivity contribution is 7.11. The van der Waals surface area contributed by atoms with Gasteiger partial charge in [0.2, 0.25) is 0 Å². The summed E-state index contributed by atoms with van der Waals surface area (Å²) in [5.41, 5.74) is 1.46. The second-order valence-electron chi connectivity index (χ2n) is 5.67. The molecular weight excluding hydrogens is 290 g/mol. The highest BCUT2D eigenvalue weighted by atomic mass is 32.1. The molecule has 0 fully saturated rings. The Labute approximate surface area is 127 Å². The van der Waals surface area contributed by atoms with Gasteiger partial charge in [-0.05, 0) is 39.2 Å². The van der Waals surface area contributed by atoms with Crippen molar-refractivity contribution in [3.8, 4) is 0 Å². The summed E-state index contributed by atoms with van der Waals surface area (Å²) in [6.07, 6.45) is 3.18. The van der Waals surface area contributed by atoms with Gasteiger partial charge in [0, 0.05) is 16.5 Å². The van der Waals surface area contributed by atoms with Gasteiger partial charge in [0.15, 0.2) is 11.6 Å². The molecule has 1 unspecified atom stereocenters. The molecule has 0 spiro atoms. The smallest absolute Gasteiger partial charge is 0.164 e. The van der Waals surface area contributed by atoms with Gasteiger partial charge in [0.25, 0.3) is 0 Å². The molecule has 0 aliphatic heterocycles. The first-order valence-electron chi connectivity index (χ1n) is 7.24. The lowest BCUT2D eigenvalue weighted by atomic mass is 10.1. The average Bonchev–Trinajstić information content (AvgIpc) is 3.00. The largest absolute Gasteiger partial charge is 0.302 e. The van der Waals surface area contributed by atoms with Crippen molar-refractivity contribution in [2.24, 2.45) is 0 Å². The fraction of sp³-hybridized carbons (Fsp3) is 0.438. The molecule has 0 saturated heterocycles. The quantitative estimate of drug-likeness (QED) is 0.923. The number of fused-ring (bicyclic) bond motifs is 1. The third-order valence-electron chi connectivity index (χ3n) is 3.65. The molecule has 1 heterocycles. The van der Waals surface area contributed by atoms with Crippen LogP contribution in [0.3, 0.4) is 0 Å². The molecule has 112 valence electrons. The minimum atomic E-state index is -0.813. The van der Waals surface area contributed by atoms with E-state index in [0.717, 1.165) is 36.0 Å². The number of rotatable bonds is 4. The summed E-state index contributed by atoms with van der Waals surface area (Å²) in [4.78, 5) is 5.95. The summed E-state index contributed by atoms with van der Waals surface area (Å²) in [6, 6.07) is 4.08. The van der Waals surface area contributed by atoms with Crippen molar-refractivity contribution in [1.82, 2.24) is 10.3 Å². The van der Waals surface area contributed by atoms with E-state index in [-0.39, 0.29) is 6.04 Å². The average molecular weight is 308 g/mol. The van der Waals surface area contributed by atoms with Gasteiger partial charge in [-0.25, -0.2) is 13.8 Å². The van der Waals surface area contributed by atoms with Crippen molar-refractivity contribution >= 4 is 11.3 Å². The van der Waals surface area contributed by atoms with Crippen molar-refractivity contribution in [2.45, 2.75) is 45.2 Å². The third-order valence-corrected chi connectivity index (χ3v) is 4.87. The Bertz CT molecular complexity index is 630. The van der Waals surface area contributed by atoms with Gasteiger partial charge in [0.1, 0.15) is 5.01 Å². The lowest BCUT2D eigenvalue weighted by Crippen LogP contribution is -2.29. The standard InChI is InChI=1S/C16H18F2N2S/c1-9(2)19-15(10-5-3-6-11(17)14(10)18)16-20-12-7-4-8-13(12)21-16/h3,5-6,9,15,19H,4,7-8H2,1-2H3. The Morgan fingerprint density at radius 1 is 1.24 bits per heavy atom. The minimum absolute atomic E-state index is 0.149. The van der Waals surface area contributed by atoms with E-state index in [1.807, 2.05) is 13.8 Å². The third kappa shape index (κ3) is 2.85. The number of aryl methyl sites for hydroxylation is 2. The molecule has 3 rings (SSSR count). The summed E-state index contributed by atoms with van der Waals surface area (Å²) in [5.74, 6) is -1.60. The second-order valence-corrected chi connectivity index (χ2v) is 6.79. The maximum atomic E-state index is 14.2. The first kappa shape index (κ1) is 14.6. The van der Waals surface area contributed by atoms with Gasteiger partial charge in [0.05, 0.1) is 11.7 Å². The predicted molar refractivity (Wildman–Crippen MR) is 80.6 cm³/mol. The number of aromatic nitrogens is 1. The van der Waals surface area contributed by atoms with E-state index in [2.05, 4.69) is 10.3 Å². The van der Waals surface area contributed by atoms with Crippen molar-refractivity contribution in [3.05, 3.63) is 51.0 Å². The van der Waals surface area contributed by atoms with E-state index < -0.39 is 17.7 Å². The van der Waals surface area contributed by atoms with Crippen LogP contribution < -0.4 is 5.32 Å². The highest BCUT2D eigenvalue weighted by Gasteiger charge is 2.26. The number of thiazole rings is 1. The van der Waals surface area contributed by atoms with Crippen LogP contribution >= 0.6 is 11.3 Å². The van der Waals surface area contributed by atoms with Crippen molar-refractivity contribution in [3.63, 3.8) is 0 Å². The van der Waals surface area contributed by atoms with E-state index in [1.165, 1.54) is 4.88 Å². The second kappa shape index (κ2) is 5.81. The zero-order valence-electron chi connectivity index (χ0n) is 12.1. The molecule has 1 aliphatic rings. The molecule has 21 heavy (non-hydrogen) atoms. The van der Waals surface area contributed by atoms with Gasteiger partial charge in [-0.3, -0.25) is 0 Å². The fourth-order valence-electron chi connectivity index (χ4n) is 2.70. The molecule has 1 atom stereocenters. The van der Waals surface area contributed by atoms with Crippen LogP contribution in [-0.2, 0) is 12.8 Å².